The Balaban J connectivity index is 1.80. The molecule has 0 bridgehead atoms. The first-order valence-corrected chi connectivity index (χ1v) is 11.9. The number of nitrogens with zero attached hydrogens (tertiary/aromatic N) is 4. The molecule has 160 valence electrons. The SMILES string of the molecule is C[C@@H]1COC[C@@H](C)N1c1cc(-c2ccccc2S(C)=O)c2ccn(-c3ccn[nH]3)c2n1. The van der Waals surface area contributed by atoms with Crippen molar-refractivity contribution in [2.45, 2.75) is 30.8 Å². The maximum absolute atomic E-state index is 12.5. The van der Waals surface area contributed by atoms with E-state index in [1.54, 1.807) is 12.5 Å². The number of rotatable bonds is 4. The summed E-state index contributed by atoms with van der Waals surface area (Å²) in [5.74, 6) is 1.74. The Morgan fingerprint density at radius 2 is 1.87 bits per heavy atom. The Labute approximate surface area is 183 Å². The minimum absolute atomic E-state index is 0.202. The van der Waals surface area contributed by atoms with Crippen LogP contribution in [0, 0.1) is 0 Å². The maximum atomic E-state index is 12.5. The number of benzene rings is 1. The van der Waals surface area contributed by atoms with Gasteiger partial charge in [-0.05, 0) is 43.2 Å². The average molecular weight is 436 g/mol. The van der Waals surface area contributed by atoms with E-state index >= 15 is 0 Å². The normalized spacial score (nSPS) is 20.3. The van der Waals surface area contributed by atoms with Crippen LogP contribution < -0.4 is 4.90 Å². The summed E-state index contributed by atoms with van der Waals surface area (Å²) in [6, 6.07) is 14.4. The zero-order chi connectivity index (χ0) is 21.5. The summed E-state index contributed by atoms with van der Waals surface area (Å²) in [4.78, 5) is 8.23. The molecule has 4 heterocycles. The first-order valence-electron chi connectivity index (χ1n) is 10.4. The van der Waals surface area contributed by atoms with Crippen LogP contribution in [0.5, 0.6) is 0 Å². The fourth-order valence-corrected chi connectivity index (χ4v) is 5.18. The molecule has 31 heavy (non-hydrogen) atoms. The Hall–Kier alpha value is -2.97. The molecular formula is C23H25N5O2S. The molecule has 1 aromatic carbocycles. The number of ether oxygens (including phenoxy) is 1. The van der Waals surface area contributed by atoms with Crippen molar-refractivity contribution in [3.63, 3.8) is 0 Å². The van der Waals surface area contributed by atoms with E-state index in [1.807, 2.05) is 41.1 Å². The van der Waals surface area contributed by atoms with Crippen LogP contribution in [0.25, 0.3) is 28.0 Å². The van der Waals surface area contributed by atoms with Gasteiger partial charge in [0.2, 0.25) is 0 Å². The van der Waals surface area contributed by atoms with E-state index < -0.39 is 10.8 Å². The molecule has 0 saturated carbocycles. The quantitative estimate of drug-likeness (QED) is 0.528. The number of hydrogen-bond acceptors (Lipinski definition) is 5. The highest BCUT2D eigenvalue weighted by molar-refractivity contribution is 7.84. The fourth-order valence-electron chi connectivity index (χ4n) is 4.42. The van der Waals surface area contributed by atoms with Gasteiger partial charge in [-0.1, -0.05) is 18.2 Å². The van der Waals surface area contributed by atoms with E-state index in [0.717, 1.165) is 38.7 Å². The summed E-state index contributed by atoms with van der Waals surface area (Å²) in [5, 5.41) is 8.13. The van der Waals surface area contributed by atoms with Gasteiger partial charge in [0.25, 0.3) is 0 Å². The van der Waals surface area contributed by atoms with Gasteiger partial charge in [0.05, 0.1) is 42.3 Å². The van der Waals surface area contributed by atoms with Gasteiger partial charge in [-0.15, -0.1) is 0 Å². The van der Waals surface area contributed by atoms with Crippen molar-refractivity contribution in [1.82, 2.24) is 19.7 Å². The van der Waals surface area contributed by atoms with Crippen LogP contribution >= 0.6 is 0 Å². The lowest BCUT2D eigenvalue weighted by molar-refractivity contribution is 0.0752. The third-order valence-corrected chi connectivity index (χ3v) is 6.78. The molecule has 3 aromatic heterocycles. The van der Waals surface area contributed by atoms with Gasteiger partial charge < -0.3 is 9.64 Å². The number of aromatic amines is 1. The molecule has 1 N–H and O–H groups in total. The highest BCUT2D eigenvalue weighted by Crippen LogP contribution is 2.37. The second kappa shape index (κ2) is 7.94. The van der Waals surface area contributed by atoms with Gasteiger partial charge in [0, 0.05) is 28.8 Å². The molecule has 0 aliphatic carbocycles. The monoisotopic (exact) mass is 435 g/mol. The minimum Gasteiger partial charge on any atom is -0.377 e. The lowest BCUT2D eigenvalue weighted by atomic mass is 10.0. The van der Waals surface area contributed by atoms with Crippen molar-refractivity contribution in [3.05, 3.63) is 54.9 Å². The van der Waals surface area contributed by atoms with Crippen molar-refractivity contribution < 1.29 is 8.95 Å². The summed E-state index contributed by atoms with van der Waals surface area (Å²) < 4.78 is 20.3. The van der Waals surface area contributed by atoms with Crippen molar-refractivity contribution in [3.8, 4) is 16.9 Å². The largest absolute Gasteiger partial charge is 0.377 e. The third kappa shape index (κ3) is 3.45. The van der Waals surface area contributed by atoms with Crippen LogP contribution in [0.1, 0.15) is 13.8 Å². The lowest BCUT2D eigenvalue weighted by Gasteiger charge is -2.40. The highest BCUT2D eigenvalue weighted by Gasteiger charge is 2.28. The molecule has 1 fully saturated rings. The number of aromatic nitrogens is 4. The molecular weight excluding hydrogens is 410 g/mol. The summed E-state index contributed by atoms with van der Waals surface area (Å²) in [5.41, 5.74) is 2.82. The van der Waals surface area contributed by atoms with E-state index in [-0.39, 0.29) is 12.1 Å². The molecule has 4 aromatic rings. The minimum atomic E-state index is -1.11. The number of pyridine rings is 1. The van der Waals surface area contributed by atoms with E-state index in [0.29, 0.717) is 13.2 Å². The summed E-state index contributed by atoms with van der Waals surface area (Å²) in [7, 11) is -1.11. The molecule has 1 saturated heterocycles. The van der Waals surface area contributed by atoms with Gasteiger partial charge in [-0.3, -0.25) is 13.9 Å². The molecule has 7 nitrogen and oxygen atoms in total. The molecule has 5 rings (SSSR count). The van der Waals surface area contributed by atoms with Crippen molar-refractivity contribution in [2.75, 3.05) is 24.4 Å². The Morgan fingerprint density at radius 3 is 2.58 bits per heavy atom. The van der Waals surface area contributed by atoms with E-state index in [2.05, 4.69) is 41.1 Å². The lowest BCUT2D eigenvalue weighted by Crippen LogP contribution is -2.50. The molecule has 1 aliphatic rings. The van der Waals surface area contributed by atoms with E-state index in [4.69, 9.17) is 9.72 Å². The van der Waals surface area contributed by atoms with Crippen molar-refractivity contribution in [2.24, 2.45) is 0 Å². The molecule has 0 radical (unpaired) electrons. The van der Waals surface area contributed by atoms with Gasteiger partial charge in [-0.25, -0.2) is 4.98 Å². The predicted octanol–water partition coefficient (Wildman–Crippen LogP) is 3.77. The summed E-state index contributed by atoms with van der Waals surface area (Å²) in [6.45, 7) is 5.64. The number of H-pyrrole nitrogens is 1. The molecule has 1 aliphatic heterocycles. The molecule has 1 unspecified atom stereocenters. The van der Waals surface area contributed by atoms with Crippen LogP contribution in [0.15, 0.2) is 59.8 Å². The van der Waals surface area contributed by atoms with Gasteiger partial charge in [-0.2, -0.15) is 5.10 Å². The van der Waals surface area contributed by atoms with Crippen LogP contribution in [-0.2, 0) is 15.5 Å². The number of morpholine rings is 1. The summed E-state index contributed by atoms with van der Waals surface area (Å²) >= 11 is 0. The molecule has 8 heteroatoms. The highest BCUT2D eigenvalue weighted by atomic mass is 32.2. The number of anilines is 1. The second-order valence-corrected chi connectivity index (χ2v) is 9.33. The molecule has 3 atom stereocenters. The Kier molecular flexibility index (Phi) is 5.11. The number of nitrogens with one attached hydrogen (secondary N) is 1. The average Bonchev–Trinajstić information content (AvgIpc) is 3.42. The zero-order valence-corrected chi connectivity index (χ0v) is 18.6. The van der Waals surface area contributed by atoms with Gasteiger partial charge in [0.15, 0.2) is 0 Å². The van der Waals surface area contributed by atoms with Crippen LogP contribution in [0.4, 0.5) is 5.82 Å². The first kappa shape index (κ1) is 20.0. The second-order valence-electron chi connectivity index (χ2n) is 7.99. The Bertz CT molecular complexity index is 1240. The van der Waals surface area contributed by atoms with Gasteiger partial charge in [0.1, 0.15) is 17.3 Å². The fraction of sp³-hybridized carbons (Fsp3) is 0.304. The van der Waals surface area contributed by atoms with Crippen molar-refractivity contribution in [1.29, 1.82) is 0 Å². The third-order valence-electron chi connectivity index (χ3n) is 5.81. The Morgan fingerprint density at radius 1 is 1.10 bits per heavy atom. The van der Waals surface area contributed by atoms with Crippen LogP contribution in [0.2, 0.25) is 0 Å². The number of hydrogen-bond donors (Lipinski definition) is 1. The number of fused-ring (bicyclic) bond motifs is 1. The summed E-state index contributed by atoms with van der Waals surface area (Å²) in [6.07, 6.45) is 5.45. The topological polar surface area (TPSA) is 76.0 Å². The smallest absolute Gasteiger partial charge is 0.148 e. The standard InChI is InChI=1S/C23H25N5O2S/c1-15-13-30-14-16(2)28(15)22-12-19(17-6-4-5-7-20(17)31(3)29)18-9-11-27(23(18)25-22)21-8-10-24-26-21/h4-12,15-16H,13-14H2,1-3H3,(H,24,26)/t15-,16-,31?/m1/s1. The maximum Gasteiger partial charge on any atom is 0.148 e. The van der Waals surface area contributed by atoms with E-state index in [9.17, 15) is 4.21 Å². The van der Waals surface area contributed by atoms with Crippen LogP contribution in [-0.4, -0.2) is 55.5 Å². The first-order chi connectivity index (χ1) is 15.0. The predicted molar refractivity (Wildman–Crippen MR) is 123 cm³/mol. The molecule has 0 amide bonds. The van der Waals surface area contributed by atoms with Crippen LogP contribution in [0.3, 0.4) is 0 Å². The van der Waals surface area contributed by atoms with E-state index in [1.165, 1.54) is 0 Å². The molecule has 0 spiro atoms. The van der Waals surface area contributed by atoms with Crippen molar-refractivity contribution >= 4 is 27.7 Å². The zero-order valence-electron chi connectivity index (χ0n) is 17.8. The van der Waals surface area contributed by atoms with Gasteiger partial charge >= 0.3 is 0 Å².